The first-order valence-corrected chi connectivity index (χ1v) is 33.4. The Bertz CT molecular complexity index is 2580. The molecule has 86 heavy (non-hydrogen) atoms. The van der Waals surface area contributed by atoms with Crippen molar-refractivity contribution in [2.45, 2.75) is 183 Å². The van der Waals surface area contributed by atoms with Gasteiger partial charge in [0.25, 0.3) is 5.91 Å². The molecule has 2 saturated heterocycles. The zero-order valence-corrected chi connectivity index (χ0v) is 52.0. The molecular formula is C56H86N12O15S3. The molecule has 12 atom stereocenters. The maximum atomic E-state index is 15.0. The molecule has 478 valence electrons. The first kappa shape index (κ1) is 70.4. The summed E-state index contributed by atoms with van der Waals surface area (Å²) in [5.41, 5.74) is 12.7. The Morgan fingerprint density at radius 2 is 1.31 bits per heavy atom. The number of nitrogens with zero attached hydrogens (tertiary/aromatic N) is 3. The second kappa shape index (κ2) is 35.4. The van der Waals surface area contributed by atoms with Gasteiger partial charge in [0.2, 0.25) is 59.1 Å². The quantitative estimate of drug-likeness (QED) is 0.117. The summed E-state index contributed by atoms with van der Waals surface area (Å²) >= 11 is 1.06. The van der Waals surface area contributed by atoms with Crippen molar-refractivity contribution >= 4 is 106 Å². The number of nitrogens with two attached hydrogens (primary N) is 2. The molecule has 0 aliphatic carbocycles. The Morgan fingerprint density at radius 1 is 0.721 bits per heavy atom. The number of carbonyl (C=O) groups excluding carboxylic acids is 11. The van der Waals surface area contributed by atoms with E-state index in [4.69, 9.17) is 21.0 Å². The van der Waals surface area contributed by atoms with Crippen LogP contribution >= 0.6 is 23.5 Å². The van der Waals surface area contributed by atoms with E-state index in [0.29, 0.717) is 44.5 Å². The van der Waals surface area contributed by atoms with Gasteiger partial charge < -0.3 is 77.7 Å². The van der Waals surface area contributed by atoms with Crippen LogP contribution in [-0.2, 0) is 80.3 Å². The van der Waals surface area contributed by atoms with Gasteiger partial charge in [0.1, 0.15) is 78.7 Å². The monoisotopic (exact) mass is 1260 g/mol. The number of fused-ring (bicyclic) bond motifs is 7. The predicted octanol–water partition coefficient (Wildman–Crippen LogP) is -1.15. The molecule has 4 aliphatic rings. The molecule has 4 aliphatic heterocycles. The molecule has 4 heterocycles. The topological polar surface area (TPSA) is 405 Å². The molecule has 11 amide bonds. The van der Waals surface area contributed by atoms with Gasteiger partial charge in [-0.1, -0.05) is 42.7 Å². The molecule has 27 nitrogen and oxygen atoms in total. The molecule has 0 aromatic heterocycles. The smallest absolute Gasteiger partial charge is 0.266 e. The van der Waals surface area contributed by atoms with Crippen molar-refractivity contribution in [1.82, 2.24) is 47.0 Å². The van der Waals surface area contributed by atoms with Crippen molar-refractivity contribution in [2.24, 2.45) is 22.5 Å². The van der Waals surface area contributed by atoms with Gasteiger partial charge in [0.05, 0.1) is 19.0 Å². The van der Waals surface area contributed by atoms with E-state index in [-0.39, 0.29) is 87.0 Å². The second-order valence-electron chi connectivity index (χ2n) is 22.1. The number of amides is 11. The summed E-state index contributed by atoms with van der Waals surface area (Å²) < 4.78 is 18.7. The second-order valence-corrected chi connectivity index (χ2v) is 25.7. The van der Waals surface area contributed by atoms with E-state index in [1.54, 1.807) is 13.8 Å². The van der Waals surface area contributed by atoms with Gasteiger partial charge in [-0.3, -0.25) is 52.7 Å². The first-order chi connectivity index (χ1) is 41.0. The van der Waals surface area contributed by atoms with Crippen molar-refractivity contribution in [3.63, 3.8) is 0 Å². The van der Waals surface area contributed by atoms with Crippen LogP contribution in [0, 0.1) is 5.92 Å². The molecule has 1 aromatic rings. The van der Waals surface area contributed by atoms with Gasteiger partial charge in [-0.2, -0.15) is 23.5 Å². The van der Waals surface area contributed by atoms with Gasteiger partial charge in [-0.25, -0.2) is 0 Å². The van der Waals surface area contributed by atoms with Gasteiger partial charge in [-0.15, -0.1) is 0 Å². The zero-order valence-electron chi connectivity index (χ0n) is 49.6. The average molecular weight is 1260 g/mol. The Kier molecular flexibility index (Phi) is 29.0. The lowest BCUT2D eigenvalue weighted by Crippen LogP contribution is -2.61. The Hall–Kier alpha value is -6.37. The van der Waals surface area contributed by atoms with Crippen LogP contribution in [0.15, 0.2) is 23.4 Å². The van der Waals surface area contributed by atoms with E-state index >= 15 is 0 Å². The highest BCUT2D eigenvalue weighted by Crippen LogP contribution is 2.28. The Balaban J connectivity index is 1.55. The number of oxime groups is 1. The maximum absolute atomic E-state index is 15.0. The van der Waals surface area contributed by atoms with E-state index in [2.05, 4.69) is 42.4 Å². The summed E-state index contributed by atoms with van der Waals surface area (Å²) in [5, 5.41) is 33.2. The highest BCUT2D eigenvalue weighted by atomic mass is 32.2. The molecule has 0 radical (unpaired) electrons. The molecule has 30 heteroatoms. The maximum Gasteiger partial charge on any atom is 0.266 e. The minimum atomic E-state index is -1.59. The summed E-state index contributed by atoms with van der Waals surface area (Å²) in [6.07, 6.45) is 4.85. The van der Waals surface area contributed by atoms with Crippen molar-refractivity contribution < 1.29 is 72.0 Å². The van der Waals surface area contributed by atoms with E-state index in [1.807, 2.05) is 18.2 Å². The minimum Gasteiger partial charge on any atom is -0.617 e. The zero-order chi connectivity index (χ0) is 63.0. The standard InChI is InChI=1S/C56H86N12O15S3/c1-6-32(2)46-56(80)68-20-13-16-43(68)53(77)66-47(34(4)69)54(78)63-40(48(58)72)30-84-28-35-24-36-26-37(25-35)82-21-9-7-8-10-22-83-59-27-45(71)61-38(14-11-17-44(57)70)51(75)64-41(31-85-29-36)55(79)67-19-12-15-42(67)52(76)62-39(18-23-86(5)81)50(74)60-33(3)49(73)65-46/h24-27,32-34,38-43,46-47,69H,6-23,28-31H2,1-5H3,(H2,57,70)(H2,58,72)(H,60,74)(H,61,71)(H,62,76)(H,63,78)(H,64,75)(H,65,73)(H,66,77)/b59-27+/t32-,33-,34+,38-,39-,40-,41-,42-,43-,46-,47-,86?/m0/s1. The van der Waals surface area contributed by atoms with E-state index in [0.717, 1.165) is 30.2 Å². The fraction of sp³-hybridized carbons (Fsp3) is 0.679. The molecule has 4 bridgehead atoms. The van der Waals surface area contributed by atoms with E-state index < -0.39 is 143 Å². The summed E-state index contributed by atoms with van der Waals surface area (Å²) in [4.78, 5) is 160. The number of carbonyl (C=O) groups is 11. The number of primary amides is 2. The highest BCUT2D eigenvalue weighted by Gasteiger charge is 2.43. The van der Waals surface area contributed by atoms with Crippen LogP contribution in [0.2, 0.25) is 0 Å². The van der Waals surface area contributed by atoms with Crippen molar-refractivity contribution in [1.29, 1.82) is 0 Å². The number of aliphatic hydroxyl groups is 1. The predicted molar refractivity (Wildman–Crippen MR) is 323 cm³/mol. The van der Waals surface area contributed by atoms with Crippen LogP contribution in [-0.4, -0.2) is 201 Å². The minimum absolute atomic E-state index is 0.0367. The highest BCUT2D eigenvalue weighted by molar-refractivity contribution is 7.98. The number of hydrogen-bond donors (Lipinski definition) is 10. The molecule has 5 rings (SSSR count). The SMILES string of the molecule is CC[C@H](C)[C@@H]1NC(=O)[C@H](C)NC(=O)[C@H](CC[S+](C)[O-])NC(=O)[C@@H]2CCCN2C(=O)[C@@H]2CSCc3cc(cc(c3)OCCCCCCO/N=C/C(=O)N[C@@H](CCCC(N)=O)C(=O)N2)CSC[C@@H](C(N)=O)NC(=O)[C@H]([C@@H](C)O)NC(=O)[C@@H]2CCCN2C1=O. The number of nitrogens with one attached hydrogen (secondary N) is 7. The lowest BCUT2D eigenvalue weighted by molar-refractivity contribution is -0.144. The fourth-order valence-corrected chi connectivity index (χ4v) is 12.7. The molecule has 1 aromatic carbocycles. The van der Waals surface area contributed by atoms with Crippen LogP contribution in [0.4, 0.5) is 0 Å². The lowest BCUT2D eigenvalue weighted by Gasteiger charge is -2.33. The van der Waals surface area contributed by atoms with Gasteiger partial charge >= 0.3 is 0 Å². The molecule has 2 fully saturated rings. The van der Waals surface area contributed by atoms with E-state index in [9.17, 15) is 62.4 Å². The fourth-order valence-electron chi connectivity index (χ4n) is 10.2. The van der Waals surface area contributed by atoms with Crippen molar-refractivity contribution in [2.75, 3.05) is 49.8 Å². The Morgan fingerprint density at radius 3 is 1.93 bits per heavy atom. The van der Waals surface area contributed by atoms with E-state index in [1.165, 1.54) is 53.4 Å². The van der Waals surface area contributed by atoms with Crippen molar-refractivity contribution in [3.05, 3.63) is 29.3 Å². The third-order valence-corrected chi connectivity index (χ3v) is 18.2. The average Bonchev–Trinajstić information content (AvgIpc) is 2.79. The van der Waals surface area contributed by atoms with Crippen LogP contribution in [0.1, 0.15) is 122 Å². The van der Waals surface area contributed by atoms with Crippen LogP contribution < -0.4 is 53.4 Å². The number of aliphatic hydroxyl groups excluding tert-OH is 1. The van der Waals surface area contributed by atoms with Gasteiger partial charge in [-0.05, 0) is 107 Å². The van der Waals surface area contributed by atoms with Crippen LogP contribution in [0.3, 0.4) is 0 Å². The first-order valence-electron chi connectivity index (χ1n) is 29.3. The summed E-state index contributed by atoms with van der Waals surface area (Å²) in [7, 11) is 0. The van der Waals surface area contributed by atoms with Gasteiger partial charge in [0, 0.05) is 48.9 Å². The number of ether oxygens (including phenoxy) is 1. The van der Waals surface area contributed by atoms with Crippen molar-refractivity contribution in [3.8, 4) is 5.75 Å². The number of thioether (sulfide) groups is 2. The number of hydrogen-bond acceptors (Lipinski definition) is 18. The Labute approximate surface area is 513 Å². The summed E-state index contributed by atoms with van der Waals surface area (Å²) in [6.45, 7) is 6.88. The van der Waals surface area contributed by atoms with Gasteiger partial charge in [0.15, 0.2) is 0 Å². The number of rotatable bonds is 11. The van der Waals surface area contributed by atoms with Crippen LogP contribution in [0.5, 0.6) is 5.75 Å². The molecule has 0 spiro atoms. The largest absolute Gasteiger partial charge is 0.617 e. The normalized spacial score (nSPS) is 27.9. The summed E-state index contributed by atoms with van der Waals surface area (Å²) in [6, 6.07) is -6.13. The van der Waals surface area contributed by atoms with Crippen LogP contribution in [0.25, 0.3) is 0 Å². The third kappa shape index (κ3) is 22.1. The molecule has 12 N–H and O–H groups in total. The summed E-state index contributed by atoms with van der Waals surface area (Å²) in [5.74, 6) is -8.04. The lowest BCUT2D eigenvalue weighted by atomic mass is 9.97. The molecular weight excluding hydrogens is 1180 g/mol. The molecule has 0 saturated carbocycles. The molecule has 1 unspecified atom stereocenters. The number of benzene rings is 1. The third-order valence-electron chi connectivity index (χ3n) is 15.2.